The second-order valence-electron chi connectivity index (χ2n) is 4.70. The number of carbonyl (C=O) groups excluding carboxylic acids is 1. The second-order valence-corrected chi connectivity index (χ2v) is 4.70. The van der Waals surface area contributed by atoms with Crippen molar-refractivity contribution in [2.24, 2.45) is 5.92 Å². The first-order chi connectivity index (χ1) is 7.86. The Labute approximate surface area is 101 Å². The van der Waals surface area contributed by atoms with Crippen LogP contribution < -0.4 is 4.74 Å². The van der Waals surface area contributed by atoms with Gasteiger partial charge in [0.25, 0.3) is 0 Å². The largest absolute Gasteiger partial charge is 0.426 e. The molecular formula is C13H18O4. The summed E-state index contributed by atoms with van der Waals surface area (Å²) < 4.78 is 5.13. The van der Waals surface area contributed by atoms with Crippen LogP contribution in [0, 0.1) is 5.92 Å². The summed E-state index contributed by atoms with van der Waals surface area (Å²) in [6.45, 7) is 7.03. The smallest absolute Gasteiger partial charge is 0.313 e. The molecule has 0 fully saturated rings. The van der Waals surface area contributed by atoms with Crippen molar-refractivity contribution in [1.29, 1.82) is 0 Å². The average Bonchev–Trinajstić information content (AvgIpc) is 2.29. The van der Waals surface area contributed by atoms with Gasteiger partial charge in [0.1, 0.15) is 11.4 Å². The van der Waals surface area contributed by atoms with E-state index in [0.29, 0.717) is 5.75 Å². The maximum atomic E-state index is 11.4. The van der Waals surface area contributed by atoms with Gasteiger partial charge in [0, 0.05) is 0 Å². The van der Waals surface area contributed by atoms with Crippen LogP contribution in [0.3, 0.4) is 0 Å². The molecule has 0 unspecified atom stereocenters. The number of carbonyl (C=O) groups is 1. The molecule has 0 heterocycles. The molecule has 0 spiro atoms. The Hall–Kier alpha value is -1.39. The van der Waals surface area contributed by atoms with Crippen molar-refractivity contribution in [2.75, 3.05) is 0 Å². The molecule has 1 N–H and O–H groups in total. The normalized spacial score (nSPS) is 11.6. The Morgan fingerprint density at radius 1 is 1.24 bits per heavy atom. The van der Waals surface area contributed by atoms with E-state index in [1.54, 1.807) is 52.0 Å². The van der Waals surface area contributed by atoms with Crippen LogP contribution in [-0.2, 0) is 15.3 Å². The number of ether oxygens (including phenoxy) is 1. The lowest BCUT2D eigenvalue weighted by molar-refractivity contribution is -0.318. The molecule has 17 heavy (non-hydrogen) atoms. The fourth-order valence-corrected chi connectivity index (χ4v) is 1.21. The lowest BCUT2D eigenvalue weighted by atomic mass is 9.98. The summed E-state index contributed by atoms with van der Waals surface area (Å²) in [4.78, 5) is 15.7. The minimum Gasteiger partial charge on any atom is -0.426 e. The van der Waals surface area contributed by atoms with Gasteiger partial charge in [-0.05, 0) is 31.5 Å². The topological polar surface area (TPSA) is 55.8 Å². The van der Waals surface area contributed by atoms with E-state index in [1.807, 2.05) is 0 Å². The molecule has 4 heteroatoms. The standard InChI is InChI=1S/C13H18O4/c1-9(2)12(14)16-11-7-5-10(6-8-11)13(3,4)17-15/h5-9,15H,1-4H3. The monoisotopic (exact) mass is 238 g/mol. The van der Waals surface area contributed by atoms with E-state index in [2.05, 4.69) is 4.89 Å². The second kappa shape index (κ2) is 5.29. The predicted octanol–water partition coefficient (Wildman–Crippen LogP) is 2.97. The molecule has 0 amide bonds. The first-order valence-corrected chi connectivity index (χ1v) is 5.51. The van der Waals surface area contributed by atoms with E-state index in [-0.39, 0.29) is 11.9 Å². The summed E-state index contributed by atoms with van der Waals surface area (Å²) in [5.41, 5.74) is 0.0185. The van der Waals surface area contributed by atoms with Gasteiger partial charge in [-0.15, -0.1) is 0 Å². The Morgan fingerprint density at radius 2 is 1.76 bits per heavy atom. The zero-order valence-corrected chi connectivity index (χ0v) is 10.6. The van der Waals surface area contributed by atoms with Gasteiger partial charge in [0.15, 0.2) is 0 Å². The summed E-state index contributed by atoms with van der Waals surface area (Å²) in [6, 6.07) is 6.85. The number of rotatable bonds is 4. The van der Waals surface area contributed by atoms with E-state index in [0.717, 1.165) is 5.56 Å². The van der Waals surface area contributed by atoms with Crippen molar-refractivity contribution < 1.29 is 19.7 Å². The molecule has 0 radical (unpaired) electrons. The molecule has 4 nitrogen and oxygen atoms in total. The lowest BCUT2D eigenvalue weighted by Crippen LogP contribution is -2.19. The average molecular weight is 238 g/mol. The van der Waals surface area contributed by atoms with E-state index in [4.69, 9.17) is 9.99 Å². The molecule has 0 aliphatic rings. The van der Waals surface area contributed by atoms with Crippen LogP contribution in [0.15, 0.2) is 24.3 Å². The van der Waals surface area contributed by atoms with Crippen LogP contribution in [0.4, 0.5) is 0 Å². The van der Waals surface area contributed by atoms with Gasteiger partial charge in [0.2, 0.25) is 0 Å². The van der Waals surface area contributed by atoms with E-state index >= 15 is 0 Å². The van der Waals surface area contributed by atoms with Gasteiger partial charge in [0.05, 0.1) is 5.92 Å². The Bertz CT molecular complexity index is 379. The van der Waals surface area contributed by atoms with Crippen LogP contribution in [0.2, 0.25) is 0 Å². The van der Waals surface area contributed by atoms with Crippen molar-refractivity contribution in [3.05, 3.63) is 29.8 Å². The van der Waals surface area contributed by atoms with Gasteiger partial charge in [-0.2, -0.15) is 0 Å². The molecule has 1 aromatic carbocycles. The first kappa shape index (κ1) is 13.7. The minimum atomic E-state index is -0.777. The van der Waals surface area contributed by atoms with Gasteiger partial charge >= 0.3 is 5.97 Å². The molecule has 0 bridgehead atoms. The maximum Gasteiger partial charge on any atom is 0.313 e. The minimum absolute atomic E-state index is 0.160. The molecule has 1 aromatic rings. The highest BCUT2D eigenvalue weighted by molar-refractivity contribution is 5.74. The zero-order valence-electron chi connectivity index (χ0n) is 10.6. The van der Waals surface area contributed by atoms with Crippen molar-refractivity contribution in [3.8, 4) is 5.75 Å². The van der Waals surface area contributed by atoms with Gasteiger partial charge < -0.3 is 4.74 Å². The van der Waals surface area contributed by atoms with Crippen molar-refractivity contribution in [2.45, 2.75) is 33.3 Å². The third-order valence-corrected chi connectivity index (χ3v) is 2.47. The van der Waals surface area contributed by atoms with Gasteiger partial charge in [-0.1, -0.05) is 26.0 Å². The van der Waals surface area contributed by atoms with Crippen molar-refractivity contribution >= 4 is 5.97 Å². The molecule has 0 saturated carbocycles. The SMILES string of the molecule is CC(C)C(=O)Oc1ccc(C(C)(C)OO)cc1. The summed E-state index contributed by atoms with van der Waals surface area (Å²) in [7, 11) is 0. The van der Waals surface area contributed by atoms with Crippen LogP contribution in [0.1, 0.15) is 33.3 Å². The maximum absolute atomic E-state index is 11.4. The molecule has 0 aliphatic heterocycles. The molecule has 0 saturated heterocycles. The van der Waals surface area contributed by atoms with Gasteiger partial charge in [-0.25, -0.2) is 4.89 Å². The molecule has 94 valence electrons. The van der Waals surface area contributed by atoms with Crippen LogP contribution >= 0.6 is 0 Å². The van der Waals surface area contributed by atoms with Crippen LogP contribution in [0.25, 0.3) is 0 Å². The third kappa shape index (κ3) is 3.54. The Morgan fingerprint density at radius 3 is 2.18 bits per heavy atom. The highest BCUT2D eigenvalue weighted by Gasteiger charge is 2.21. The Balaban J connectivity index is 2.79. The highest BCUT2D eigenvalue weighted by Crippen LogP contribution is 2.25. The van der Waals surface area contributed by atoms with Crippen molar-refractivity contribution in [1.82, 2.24) is 0 Å². The number of benzene rings is 1. The van der Waals surface area contributed by atoms with Crippen molar-refractivity contribution in [3.63, 3.8) is 0 Å². The predicted molar refractivity (Wildman–Crippen MR) is 63.7 cm³/mol. The molecule has 0 aromatic heterocycles. The summed E-state index contributed by atoms with van der Waals surface area (Å²) in [5.74, 6) is 0.0588. The van der Waals surface area contributed by atoms with E-state index in [9.17, 15) is 4.79 Å². The fourth-order valence-electron chi connectivity index (χ4n) is 1.21. The highest BCUT2D eigenvalue weighted by atomic mass is 17.1. The van der Waals surface area contributed by atoms with Gasteiger partial charge in [-0.3, -0.25) is 10.1 Å². The quantitative estimate of drug-likeness (QED) is 0.379. The molecule has 0 atom stereocenters. The lowest BCUT2D eigenvalue weighted by Gasteiger charge is -2.20. The third-order valence-electron chi connectivity index (χ3n) is 2.47. The van der Waals surface area contributed by atoms with E-state index in [1.165, 1.54) is 0 Å². The van der Waals surface area contributed by atoms with Crippen LogP contribution in [0.5, 0.6) is 5.75 Å². The zero-order chi connectivity index (χ0) is 13.1. The molecule has 0 aliphatic carbocycles. The number of hydrogen-bond acceptors (Lipinski definition) is 4. The number of hydrogen-bond donors (Lipinski definition) is 1. The van der Waals surface area contributed by atoms with Crippen LogP contribution in [-0.4, -0.2) is 11.2 Å². The molecule has 1 rings (SSSR count). The Kier molecular flexibility index (Phi) is 4.26. The summed E-state index contributed by atoms with van der Waals surface area (Å²) in [5, 5.41) is 8.75. The first-order valence-electron chi connectivity index (χ1n) is 5.51. The summed E-state index contributed by atoms with van der Waals surface area (Å²) >= 11 is 0. The summed E-state index contributed by atoms with van der Waals surface area (Å²) in [6.07, 6.45) is 0. The number of esters is 1. The fraction of sp³-hybridized carbons (Fsp3) is 0.462. The molecular weight excluding hydrogens is 220 g/mol. The van der Waals surface area contributed by atoms with E-state index < -0.39 is 5.60 Å².